The summed E-state index contributed by atoms with van der Waals surface area (Å²) in [5.74, 6) is 0.142. The Hall–Kier alpha value is -1.96. The van der Waals surface area contributed by atoms with E-state index in [1.54, 1.807) is 18.4 Å². The third kappa shape index (κ3) is 4.53. The highest BCUT2D eigenvalue weighted by Gasteiger charge is 2.30. The van der Waals surface area contributed by atoms with Gasteiger partial charge in [0.1, 0.15) is 6.61 Å². The Morgan fingerprint density at radius 3 is 2.73 bits per heavy atom. The first-order valence-corrected chi connectivity index (χ1v) is 11.7. The van der Waals surface area contributed by atoms with E-state index in [0.717, 1.165) is 52.8 Å². The lowest BCUT2D eigenvalue weighted by molar-refractivity contribution is -0.137. The molecule has 30 heavy (non-hydrogen) atoms. The molecule has 2 fully saturated rings. The smallest absolute Gasteiger partial charge is 0.264 e. The zero-order chi connectivity index (χ0) is 20.9. The standard InChI is InChI=1S/C23H30N2O4S/c1-28-16-21(26)25-10-6-2-3-7-17(25)15-19-18-8-4-5-9-20(18)30-22(19)23(27)24-11-13-29-14-12-24/h4-5,8-9,17H,2-3,6-7,10-16H2,1H3/t17-/m0/s1. The fourth-order valence-electron chi connectivity index (χ4n) is 4.54. The second kappa shape index (κ2) is 9.90. The molecule has 1 aromatic heterocycles. The van der Waals surface area contributed by atoms with E-state index in [1.165, 1.54) is 0 Å². The van der Waals surface area contributed by atoms with Crippen LogP contribution in [0.5, 0.6) is 0 Å². The third-order valence-electron chi connectivity index (χ3n) is 6.10. The number of ether oxygens (including phenoxy) is 2. The van der Waals surface area contributed by atoms with E-state index >= 15 is 0 Å². The molecule has 2 saturated heterocycles. The van der Waals surface area contributed by atoms with E-state index in [0.29, 0.717) is 32.7 Å². The first-order valence-electron chi connectivity index (χ1n) is 10.8. The molecule has 162 valence electrons. The van der Waals surface area contributed by atoms with Crippen molar-refractivity contribution in [2.75, 3.05) is 46.6 Å². The number of nitrogens with zero attached hydrogens (tertiary/aromatic N) is 2. The summed E-state index contributed by atoms with van der Waals surface area (Å²) in [5.41, 5.74) is 1.09. The maximum absolute atomic E-state index is 13.4. The molecule has 0 aliphatic carbocycles. The van der Waals surface area contributed by atoms with Crippen molar-refractivity contribution in [1.82, 2.24) is 9.80 Å². The summed E-state index contributed by atoms with van der Waals surface area (Å²) in [7, 11) is 1.57. The fraction of sp³-hybridized carbons (Fsp3) is 0.565. The number of carbonyl (C=O) groups is 2. The number of amides is 2. The Bertz CT molecular complexity index is 890. The minimum absolute atomic E-state index is 0.0463. The van der Waals surface area contributed by atoms with Gasteiger partial charge in [-0.3, -0.25) is 9.59 Å². The number of likely N-dealkylation sites (tertiary alicyclic amines) is 1. The molecule has 2 aliphatic rings. The van der Waals surface area contributed by atoms with E-state index in [1.807, 2.05) is 21.9 Å². The first-order chi connectivity index (χ1) is 14.7. The Balaban J connectivity index is 1.67. The van der Waals surface area contributed by atoms with E-state index in [4.69, 9.17) is 9.47 Å². The molecule has 0 N–H and O–H groups in total. The van der Waals surface area contributed by atoms with E-state index in [2.05, 4.69) is 12.1 Å². The van der Waals surface area contributed by atoms with Crippen LogP contribution < -0.4 is 0 Å². The van der Waals surface area contributed by atoms with Gasteiger partial charge in [-0.25, -0.2) is 0 Å². The summed E-state index contributed by atoms with van der Waals surface area (Å²) < 4.78 is 11.7. The van der Waals surface area contributed by atoms with Gasteiger partial charge in [-0.1, -0.05) is 31.0 Å². The van der Waals surface area contributed by atoms with Gasteiger partial charge < -0.3 is 19.3 Å². The van der Waals surface area contributed by atoms with Gasteiger partial charge in [-0.15, -0.1) is 11.3 Å². The molecule has 2 aliphatic heterocycles. The lowest BCUT2D eigenvalue weighted by atomic mass is 9.97. The second-order valence-corrected chi connectivity index (χ2v) is 9.09. The minimum Gasteiger partial charge on any atom is -0.378 e. The number of thiophene rings is 1. The topological polar surface area (TPSA) is 59.1 Å². The second-order valence-electron chi connectivity index (χ2n) is 8.04. The molecular weight excluding hydrogens is 400 g/mol. The molecule has 0 radical (unpaired) electrons. The molecule has 2 amide bonds. The number of hydrogen-bond donors (Lipinski definition) is 0. The molecule has 0 bridgehead atoms. The van der Waals surface area contributed by atoms with Gasteiger partial charge in [0.25, 0.3) is 5.91 Å². The van der Waals surface area contributed by atoms with Crippen LogP contribution in [0.4, 0.5) is 0 Å². The molecule has 0 saturated carbocycles. The van der Waals surface area contributed by atoms with Gasteiger partial charge in [0, 0.05) is 37.5 Å². The average molecular weight is 431 g/mol. The van der Waals surface area contributed by atoms with Crippen molar-refractivity contribution >= 4 is 33.2 Å². The number of carbonyl (C=O) groups excluding carboxylic acids is 2. The summed E-state index contributed by atoms with van der Waals surface area (Å²) in [4.78, 5) is 30.8. The molecular formula is C23H30N2O4S. The third-order valence-corrected chi connectivity index (χ3v) is 7.30. The first kappa shape index (κ1) is 21.3. The van der Waals surface area contributed by atoms with Crippen LogP contribution in [-0.4, -0.2) is 74.2 Å². The van der Waals surface area contributed by atoms with Crippen molar-refractivity contribution in [2.45, 2.75) is 38.1 Å². The van der Waals surface area contributed by atoms with Gasteiger partial charge in [0.15, 0.2) is 0 Å². The maximum Gasteiger partial charge on any atom is 0.264 e. The zero-order valence-corrected chi connectivity index (χ0v) is 18.4. The molecule has 1 atom stereocenters. The molecule has 2 aromatic rings. The Morgan fingerprint density at radius 1 is 1.13 bits per heavy atom. The van der Waals surface area contributed by atoms with Crippen LogP contribution in [0.2, 0.25) is 0 Å². The Labute approximate surface area is 181 Å². The van der Waals surface area contributed by atoms with Gasteiger partial charge >= 0.3 is 0 Å². The van der Waals surface area contributed by atoms with Gasteiger partial charge in [-0.05, 0) is 36.3 Å². The van der Waals surface area contributed by atoms with E-state index in [9.17, 15) is 9.59 Å². The van der Waals surface area contributed by atoms with Gasteiger partial charge in [0.05, 0.1) is 18.1 Å². The zero-order valence-electron chi connectivity index (χ0n) is 17.6. The molecule has 0 spiro atoms. The molecule has 4 rings (SSSR count). The summed E-state index contributed by atoms with van der Waals surface area (Å²) in [6.07, 6.45) is 4.94. The molecule has 6 nitrogen and oxygen atoms in total. The fourth-order valence-corrected chi connectivity index (χ4v) is 5.74. The maximum atomic E-state index is 13.4. The largest absolute Gasteiger partial charge is 0.378 e. The van der Waals surface area contributed by atoms with Crippen LogP contribution in [0.15, 0.2) is 24.3 Å². The number of methoxy groups -OCH3 is 1. The van der Waals surface area contributed by atoms with Crippen molar-refractivity contribution in [1.29, 1.82) is 0 Å². The van der Waals surface area contributed by atoms with Crippen LogP contribution in [0.25, 0.3) is 10.1 Å². The summed E-state index contributed by atoms with van der Waals surface area (Å²) in [6, 6.07) is 8.34. The van der Waals surface area contributed by atoms with Crippen LogP contribution in [0.3, 0.4) is 0 Å². The monoisotopic (exact) mass is 430 g/mol. The highest BCUT2D eigenvalue weighted by Crippen LogP contribution is 2.35. The Morgan fingerprint density at radius 2 is 1.93 bits per heavy atom. The van der Waals surface area contributed by atoms with Crippen LogP contribution in [0, 0.1) is 0 Å². The Kier molecular flexibility index (Phi) is 7.02. The van der Waals surface area contributed by atoms with Crippen molar-refractivity contribution in [3.8, 4) is 0 Å². The van der Waals surface area contributed by atoms with E-state index in [-0.39, 0.29) is 24.5 Å². The lowest BCUT2D eigenvalue weighted by Crippen LogP contribution is -2.43. The summed E-state index contributed by atoms with van der Waals surface area (Å²) >= 11 is 1.58. The normalized spacial score (nSPS) is 20.4. The van der Waals surface area contributed by atoms with Crippen LogP contribution >= 0.6 is 11.3 Å². The molecule has 7 heteroatoms. The molecule has 1 aromatic carbocycles. The van der Waals surface area contributed by atoms with Crippen molar-refractivity contribution in [3.63, 3.8) is 0 Å². The lowest BCUT2D eigenvalue weighted by Gasteiger charge is -2.31. The SMILES string of the molecule is COCC(=O)N1CCCCC[C@H]1Cc1c(C(=O)N2CCOCC2)sc2ccccc12. The summed E-state index contributed by atoms with van der Waals surface area (Å²) in [5, 5.41) is 1.14. The van der Waals surface area contributed by atoms with E-state index < -0.39 is 0 Å². The number of rotatable bonds is 5. The predicted molar refractivity (Wildman–Crippen MR) is 118 cm³/mol. The molecule has 3 heterocycles. The van der Waals surface area contributed by atoms with Crippen LogP contribution in [-0.2, 0) is 20.7 Å². The molecule has 0 unspecified atom stereocenters. The number of morpholine rings is 1. The van der Waals surface area contributed by atoms with Gasteiger partial charge in [0.2, 0.25) is 5.91 Å². The van der Waals surface area contributed by atoms with Crippen molar-refractivity contribution in [3.05, 3.63) is 34.7 Å². The predicted octanol–water partition coefficient (Wildman–Crippen LogP) is 3.33. The van der Waals surface area contributed by atoms with Crippen LogP contribution in [0.1, 0.15) is 40.9 Å². The minimum atomic E-state index is 0.0463. The van der Waals surface area contributed by atoms with Gasteiger partial charge in [-0.2, -0.15) is 0 Å². The van der Waals surface area contributed by atoms with Crippen molar-refractivity contribution < 1.29 is 19.1 Å². The highest BCUT2D eigenvalue weighted by molar-refractivity contribution is 7.21. The number of hydrogen-bond acceptors (Lipinski definition) is 5. The average Bonchev–Trinajstić information content (AvgIpc) is 2.97. The number of fused-ring (bicyclic) bond motifs is 1. The summed E-state index contributed by atoms with van der Waals surface area (Å²) in [6.45, 7) is 3.33. The van der Waals surface area contributed by atoms with Crippen molar-refractivity contribution in [2.24, 2.45) is 0 Å². The number of benzene rings is 1. The quantitative estimate of drug-likeness (QED) is 0.730. The highest BCUT2D eigenvalue weighted by atomic mass is 32.1.